The van der Waals surface area contributed by atoms with E-state index >= 15 is 0 Å². The Balaban J connectivity index is 2.17. The van der Waals surface area contributed by atoms with Crippen molar-refractivity contribution in [3.8, 4) is 0 Å². The van der Waals surface area contributed by atoms with Crippen LogP contribution < -0.4 is 10.4 Å². The second kappa shape index (κ2) is 5.44. The predicted octanol–water partition coefficient (Wildman–Crippen LogP) is 2.58. The third kappa shape index (κ3) is 2.71. The highest BCUT2D eigenvalue weighted by Crippen LogP contribution is 2.55. The number of anilines is 1. The smallest absolute Gasteiger partial charge is 0.228 e. The SMILES string of the molecule is CC1(C)[C@H](C(=O)Nc2ccc(Br)cc2)CC[C@]1(C)C(=O)[O-]. The minimum absolute atomic E-state index is 0.132. The quantitative estimate of drug-likeness (QED) is 0.908. The number of halogens is 1. The van der Waals surface area contributed by atoms with Gasteiger partial charge in [-0.05, 0) is 42.5 Å². The van der Waals surface area contributed by atoms with Crippen molar-refractivity contribution in [2.45, 2.75) is 33.6 Å². The van der Waals surface area contributed by atoms with Crippen molar-refractivity contribution in [3.63, 3.8) is 0 Å². The number of rotatable bonds is 3. The molecule has 5 heteroatoms. The van der Waals surface area contributed by atoms with Crippen LogP contribution in [0.2, 0.25) is 0 Å². The van der Waals surface area contributed by atoms with Crippen molar-refractivity contribution in [2.75, 3.05) is 5.32 Å². The average molecular weight is 353 g/mol. The van der Waals surface area contributed by atoms with E-state index in [2.05, 4.69) is 21.2 Å². The lowest BCUT2D eigenvalue weighted by Crippen LogP contribution is -2.49. The molecule has 21 heavy (non-hydrogen) atoms. The lowest BCUT2D eigenvalue weighted by molar-refractivity contribution is -0.323. The van der Waals surface area contributed by atoms with Crippen molar-refractivity contribution in [1.82, 2.24) is 0 Å². The van der Waals surface area contributed by atoms with Crippen LogP contribution in [0.4, 0.5) is 5.69 Å². The molecule has 0 unspecified atom stereocenters. The summed E-state index contributed by atoms with van der Waals surface area (Å²) in [6.45, 7) is 5.35. The van der Waals surface area contributed by atoms with E-state index in [0.29, 0.717) is 18.5 Å². The molecular weight excluding hydrogens is 334 g/mol. The van der Waals surface area contributed by atoms with Gasteiger partial charge in [-0.15, -0.1) is 0 Å². The van der Waals surface area contributed by atoms with Crippen LogP contribution in [-0.4, -0.2) is 11.9 Å². The Bertz CT molecular complexity index is 567. The van der Waals surface area contributed by atoms with Crippen LogP contribution in [0, 0.1) is 16.7 Å². The van der Waals surface area contributed by atoms with E-state index in [9.17, 15) is 14.7 Å². The zero-order valence-corrected chi connectivity index (χ0v) is 14.0. The van der Waals surface area contributed by atoms with Crippen LogP contribution in [0.15, 0.2) is 28.7 Å². The lowest BCUT2D eigenvalue weighted by Gasteiger charge is -2.41. The fourth-order valence-electron chi connectivity index (χ4n) is 3.09. The first-order valence-corrected chi connectivity index (χ1v) is 7.75. The fourth-order valence-corrected chi connectivity index (χ4v) is 3.35. The number of nitrogens with one attached hydrogen (secondary N) is 1. The van der Waals surface area contributed by atoms with E-state index in [1.165, 1.54) is 0 Å². The number of aliphatic carboxylic acids is 1. The van der Waals surface area contributed by atoms with Crippen LogP contribution in [0.3, 0.4) is 0 Å². The van der Waals surface area contributed by atoms with Crippen LogP contribution in [-0.2, 0) is 9.59 Å². The third-order valence-electron chi connectivity index (χ3n) is 5.11. The van der Waals surface area contributed by atoms with Gasteiger partial charge >= 0.3 is 0 Å². The number of amides is 1. The largest absolute Gasteiger partial charge is 0.550 e. The summed E-state index contributed by atoms with van der Waals surface area (Å²) in [5.41, 5.74) is -0.916. The van der Waals surface area contributed by atoms with Gasteiger partial charge in [0, 0.05) is 27.5 Å². The van der Waals surface area contributed by atoms with Crippen molar-refractivity contribution < 1.29 is 14.7 Å². The average Bonchev–Trinajstić information content (AvgIpc) is 2.64. The maximum atomic E-state index is 12.5. The Labute approximate surface area is 133 Å². The molecule has 0 aromatic heterocycles. The van der Waals surface area contributed by atoms with Crippen molar-refractivity contribution in [2.24, 2.45) is 16.7 Å². The van der Waals surface area contributed by atoms with Gasteiger partial charge in [0.1, 0.15) is 0 Å². The molecule has 1 fully saturated rings. The lowest BCUT2D eigenvalue weighted by atomic mass is 9.65. The summed E-state index contributed by atoms with van der Waals surface area (Å²) in [7, 11) is 0. The molecule has 1 aromatic rings. The Kier molecular flexibility index (Phi) is 4.15. The number of carbonyl (C=O) groups is 2. The van der Waals surface area contributed by atoms with Gasteiger partial charge in [0.25, 0.3) is 0 Å². The van der Waals surface area contributed by atoms with E-state index in [4.69, 9.17) is 0 Å². The van der Waals surface area contributed by atoms with Gasteiger partial charge in [-0.3, -0.25) is 4.79 Å². The first-order valence-electron chi connectivity index (χ1n) is 6.96. The molecule has 2 atom stereocenters. The molecule has 114 valence electrons. The summed E-state index contributed by atoms with van der Waals surface area (Å²) in [6, 6.07) is 7.31. The molecule has 2 rings (SSSR count). The summed E-state index contributed by atoms with van der Waals surface area (Å²) in [4.78, 5) is 23.9. The minimum atomic E-state index is -1.08. The molecule has 1 amide bonds. The Hall–Kier alpha value is -1.36. The molecule has 1 aliphatic rings. The summed E-state index contributed by atoms with van der Waals surface area (Å²) in [5, 5.41) is 14.3. The highest BCUT2D eigenvalue weighted by molar-refractivity contribution is 9.10. The predicted molar refractivity (Wildman–Crippen MR) is 82.4 cm³/mol. The maximum Gasteiger partial charge on any atom is 0.228 e. The molecule has 1 saturated carbocycles. The molecule has 0 saturated heterocycles. The summed E-state index contributed by atoms with van der Waals surface area (Å²) >= 11 is 3.34. The fraction of sp³-hybridized carbons (Fsp3) is 0.500. The molecule has 0 radical (unpaired) electrons. The van der Waals surface area contributed by atoms with Gasteiger partial charge < -0.3 is 15.2 Å². The summed E-state index contributed by atoms with van der Waals surface area (Å²) < 4.78 is 0.936. The van der Waals surface area contributed by atoms with Gasteiger partial charge in [0.05, 0.1) is 0 Å². The van der Waals surface area contributed by atoms with E-state index in [1.54, 1.807) is 6.92 Å². The van der Waals surface area contributed by atoms with Crippen molar-refractivity contribution >= 4 is 33.5 Å². The Morgan fingerprint density at radius 3 is 2.29 bits per heavy atom. The highest BCUT2D eigenvalue weighted by atomic mass is 79.9. The molecule has 1 aromatic carbocycles. The zero-order chi connectivity index (χ0) is 15.8. The first kappa shape index (κ1) is 16.0. The van der Waals surface area contributed by atoms with Crippen LogP contribution in [0.25, 0.3) is 0 Å². The number of hydrogen-bond donors (Lipinski definition) is 1. The summed E-state index contributed by atoms with van der Waals surface area (Å²) in [6.07, 6.45) is 1.01. The van der Waals surface area contributed by atoms with Crippen molar-refractivity contribution in [1.29, 1.82) is 0 Å². The van der Waals surface area contributed by atoms with E-state index in [0.717, 1.165) is 4.47 Å². The van der Waals surface area contributed by atoms with E-state index in [-0.39, 0.29) is 11.8 Å². The number of carbonyl (C=O) groups excluding carboxylic acids is 2. The summed E-state index contributed by atoms with van der Waals surface area (Å²) in [5.74, 6) is -1.55. The van der Waals surface area contributed by atoms with Crippen LogP contribution >= 0.6 is 15.9 Å². The Morgan fingerprint density at radius 2 is 1.81 bits per heavy atom. The third-order valence-corrected chi connectivity index (χ3v) is 5.63. The molecule has 1 N–H and O–H groups in total. The topological polar surface area (TPSA) is 69.2 Å². The monoisotopic (exact) mass is 352 g/mol. The van der Waals surface area contributed by atoms with Crippen LogP contribution in [0.1, 0.15) is 33.6 Å². The van der Waals surface area contributed by atoms with Gasteiger partial charge in [-0.2, -0.15) is 0 Å². The van der Waals surface area contributed by atoms with Crippen LogP contribution in [0.5, 0.6) is 0 Å². The number of hydrogen-bond acceptors (Lipinski definition) is 3. The number of benzene rings is 1. The second-order valence-corrected chi connectivity index (χ2v) is 7.34. The van der Waals surface area contributed by atoms with E-state index in [1.807, 2.05) is 38.1 Å². The van der Waals surface area contributed by atoms with E-state index < -0.39 is 16.8 Å². The molecular formula is C16H19BrNO3-. The standard InChI is InChI=1S/C16H20BrNO3/c1-15(2)12(8-9-16(15,3)14(20)21)13(19)18-11-6-4-10(17)5-7-11/h4-7,12H,8-9H2,1-3H3,(H,18,19)(H,20,21)/p-1/t12-,16+/m0/s1. The van der Waals surface area contributed by atoms with Gasteiger partial charge in [-0.25, -0.2) is 0 Å². The molecule has 1 aliphatic carbocycles. The maximum absolute atomic E-state index is 12.5. The van der Waals surface area contributed by atoms with Crippen molar-refractivity contribution in [3.05, 3.63) is 28.7 Å². The first-order chi connectivity index (χ1) is 9.68. The number of carboxylic acid groups (broad SMARTS) is 1. The minimum Gasteiger partial charge on any atom is -0.550 e. The second-order valence-electron chi connectivity index (χ2n) is 6.43. The molecule has 4 nitrogen and oxygen atoms in total. The zero-order valence-electron chi connectivity index (χ0n) is 12.4. The molecule has 0 bridgehead atoms. The number of carboxylic acids is 1. The van der Waals surface area contributed by atoms with Gasteiger partial charge in [-0.1, -0.05) is 36.7 Å². The normalized spacial score (nSPS) is 27.3. The molecule has 0 aliphatic heterocycles. The van der Waals surface area contributed by atoms with Gasteiger partial charge in [0.2, 0.25) is 5.91 Å². The van der Waals surface area contributed by atoms with Gasteiger partial charge in [0.15, 0.2) is 0 Å². The molecule has 0 spiro atoms. The molecule has 0 heterocycles. The Morgan fingerprint density at radius 1 is 1.24 bits per heavy atom. The highest BCUT2D eigenvalue weighted by Gasteiger charge is 2.54.